The molecule has 0 heterocycles. The van der Waals surface area contributed by atoms with Crippen molar-refractivity contribution in [2.45, 2.75) is 78.6 Å². The van der Waals surface area contributed by atoms with E-state index in [9.17, 15) is 0 Å². The van der Waals surface area contributed by atoms with Crippen molar-refractivity contribution < 1.29 is 0 Å². The Morgan fingerprint density at radius 1 is 1.14 bits per heavy atom. The van der Waals surface area contributed by atoms with Crippen LogP contribution in [0.4, 0.5) is 0 Å². The molecule has 2 N–H and O–H groups in total. The maximum Gasteiger partial charge on any atom is 0.0577 e. The first-order valence-corrected chi connectivity index (χ1v) is 5.95. The van der Waals surface area contributed by atoms with Gasteiger partial charge in [0.25, 0.3) is 0 Å². The van der Waals surface area contributed by atoms with E-state index in [1.807, 2.05) is 0 Å². The highest BCUT2D eigenvalue weighted by molar-refractivity contribution is 4.80. The van der Waals surface area contributed by atoms with Gasteiger partial charge in [0.05, 0.1) is 6.17 Å². The third kappa shape index (κ3) is 6.39. The summed E-state index contributed by atoms with van der Waals surface area (Å²) < 4.78 is 0. The highest BCUT2D eigenvalue weighted by atomic mass is 15.2. The molecule has 0 bridgehead atoms. The maximum absolute atomic E-state index is 3.66. The Bertz CT molecular complexity index is 141. The summed E-state index contributed by atoms with van der Waals surface area (Å²) in [5.41, 5.74) is 0.238. The maximum atomic E-state index is 3.66. The summed E-state index contributed by atoms with van der Waals surface area (Å²) in [5, 5.41) is 7.22. The van der Waals surface area contributed by atoms with Crippen molar-refractivity contribution in [1.29, 1.82) is 0 Å². The molecule has 0 aliphatic rings. The predicted octanol–water partition coefficient (Wildman–Crippen LogP) is 2.89. The molecule has 1 unspecified atom stereocenters. The third-order valence-corrected chi connectivity index (χ3v) is 2.56. The molecule has 0 amide bonds. The van der Waals surface area contributed by atoms with Gasteiger partial charge in [-0.3, -0.25) is 10.6 Å². The molecule has 0 aromatic rings. The summed E-state index contributed by atoms with van der Waals surface area (Å²) in [5.74, 6) is 0. The Labute approximate surface area is 89.9 Å². The largest absolute Gasteiger partial charge is 0.300 e. The van der Waals surface area contributed by atoms with E-state index < -0.39 is 0 Å². The Morgan fingerprint density at radius 2 is 1.71 bits per heavy atom. The summed E-state index contributed by atoms with van der Waals surface area (Å²) in [6.07, 6.45) is 4.03. The average molecular weight is 200 g/mol. The zero-order chi connectivity index (χ0) is 11.2. The number of rotatable bonds is 7. The SMILES string of the molecule is CCCC(NC(C)C)NC(C)(C)CC. The zero-order valence-corrected chi connectivity index (χ0v) is 10.8. The van der Waals surface area contributed by atoms with Crippen LogP contribution in [0, 0.1) is 0 Å². The highest BCUT2D eigenvalue weighted by Gasteiger charge is 2.19. The van der Waals surface area contributed by atoms with Gasteiger partial charge in [0.1, 0.15) is 0 Å². The lowest BCUT2D eigenvalue weighted by Crippen LogP contribution is -2.53. The lowest BCUT2D eigenvalue weighted by atomic mass is 10.0. The molecule has 0 aliphatic carbocycles. The lowest BCUT2D eigenvalue weighted by molar-refractivity contribution is 0.267. The monoisotopic (exact) mass is 200 g/mol. The minimum Gasteiger partial charge on any atom is -0.300 e. The summed E-state index contributed by atoms with van der Waals surface area (Å²) in [7, 11) is 0. The quantitative estimate of drug-likeness (QED) is 0.618. The predicted molar refractivity (Wildman–Crippen MR) is 64.5 cm³/mol. The van der Waals surface area contributed by atoms with Crippen LogP contribution in [0.3, 0.4) is 0 Å². The highest BCUT2D eigenvalue weighted by Crippen LogP contribution is 2.09. The van der Waals surface area contributed by atoms with E-state index in [2.05, 4.69) is 52.2 Å². The third-order valence-electron chi connectivity index (χ3n) is 2.56. The van der Waals surface area contributed by atoms with Gasteiger partial charge in [0, 0.05) is 11.6 Å². The van der Waals surface area contributed by atoms with Crippen molar-refractivity contribution in [2.24, 2.45) is 0 Å². The second kappa shape index (κ2) is 6.41. The van der Waals surface area contributed by atoms with Crippen LogP contribution in [0.15, 0.2) is 0 Å². The van der Waals surface area contributed by atoms with Gasteiger partial charge in [0.15, 0.2) is 0 Å². The van der Waals surface area contributed by atoms with E-state index >= 15 is 0 Å². The molecule has 0 saturated heterocycles. The normalized spacial score (nSPS) is 14.8. The van der Waals surface area contributed by atoms with Gasteiger partial charge < -0.3 is 0 Å². The fraction of sp³-hybridized carbons (Fsp3) is 1.00. The summed E-state index contributed by atoms with van der Waals surface area (Å²) in [6.45, 7) is 13.4. The smallest absolute Gasteiger partial charge is 0.0577 e. The van der Waals surface area contributed by atoms with Crippen LogP contribution >= 0.6 is 0 Å². The molecule has 0 fully saturated rings. The Morgan fingerprint density at radius 3 is 2.07 bits per heavy atom. The van der Waals surface area contributed by atoms with Gasteiger partial charge in [0.2, 0.25) is 0 Å². The van der Waals surface area contributed by atoms with Crippen LogP contribution < -0.4 is 10.6 Å². The van der Waals surface area contributed by atoms with Crippen LogP contribution in [0.25, 0.3) is 0 Å². The summed E-state index contributed by atoms with van der Waals surface area (Å²) in [6, 6.07) is 0.548. The fourth-order valence-corrected chi connectivity index (χ4v) is 1.46. The molecule has 0 aromatic carbocycles. The molecule has 2 heteroatoms. The minimum atomic E-state index is 0.238. The molecular formula is C12H28N2. The van der Waals surface area contributed by atoms with Gasteiger partial charge in [-0.25, -0.2) is 0 Å². The first kappa shape index (κ1) is 13.9. The van der Waals surface area contributed by atoms with E-state index in [1.165, 1.54) is 12.8 Å². The molecule has 0 radical (unpaired) electrons. The van der Waals surface area contributed by atoms with Crippen molar-refractivity contribution in [3.63, 3.8) is 0 Å². The van der Waals surface area contributed by atoms with Crippen LogP contribution in [-0.2, 0) is 0 Å². The van der Waals surface area contributed by atoms with Crippen LogP contribution in [0.1, 0.15) is 60.8 Å². The molecule has 0 aromatic heterocycles. The van der Waals surface area contributed by atoms with Crippen molar-refractivity contribution >= 4 is 0 Å². The molecule has 14 heavy (non-hydrogen) atoms. The topological polar surface area (TPSA) is 24.1 Å². The Kier molecular flexibility index (Phi) is 6.38. The molecule has 2 nitrogen and oxygen atoms in total. The Balaban J connectivity index is 4.07. The zero-order valence-electron chi connectivity index (χ0n) is 10.8. The average Bonchev–Trinajstić information content (AvgIpc) is 2.03. The van der Waals surface area contributed by atoms with Gasteiger partial charge in [-0.1, -0.05) is 20.3 Å². The molecule has 86 valence electrons. The first-order chi connectivity index (χ1) is 6.41. The van der Waals surface area contributed by atoms with Gasteiger partial charge in [-0.2, -0.15) is 0 Å². The van der Waals surface area contributed by atoms with Crippen molar-refractivity contribution in [3.05, 3.63) is 0 Å². The molecule has 0 spiro atoms. The summed E-state index contributed by atoms with van der Waals surface area (Å²) >= 11 is 0. The van der Waals surface area contributed by atoms with E-state index in [0.717, 1.165) is 6.42 Å². The molecule has 0 rings (SSSR count). The lowest BCUT2D eigenvalue weighted by Gasteiger charge is -2.32. The standard InChI is InChI=1S/C12H28N2/c1-7-9-11(13-10(3)4)14-12(5,6)8-2/h10-11,13-14H,7-9H2,1-6H3. The summed E-state index contributed by atoms with van der Waals surface area (Å²) in [4.78, 5) is 0. The number of hydrogen-bond donors (Lipinski definition) is 2. The molecule has 1 atom stereocenters. The van der Waals surface area contributed by atoms with Crippen LogP contribution in [-0.4, -0.2) is 17.7 Å². The van der Waals surface area contributed by atoms with E-state index in [0.29, 0.717) is 12.2 Å². The second-order valence-corrected chi connectivity index (χ2v) is 5.04. The van der Waals surface area contributed by atoms with Crippen molar-refractivity contribution in [1.82, 2.24) is 10.6 Å². The first-order valence-electron chi connectivity index (χ1n) is 5.95. The van der Waals surface area contributed by atoms with Gasteiger partial charge >= 0.3 is 0 Å². The number of hydrogen-bond acceptors (Lipinski definition) is 2. The molecular weight excluding hydrogens is 172 g/mol. The van der Waals surface area contributed by atoms with Crippen molar-refractivity contribution in [2.75, 3.05) is 0 Å². The molecule has 0 saturated carbocycles. The Hall–Kier alpha value is -0.0800. The van der Waals surface area contributed by atoms with Gasteiger partial charge in [-0.05, 0) is 40.5 Å². The van der Waals surface area contributed by atoms with E-state index in [4.69, 9.17) is 0 Å². The van der Waals surface area contributed by atoms with Crippen LogP contribution in [0.5, 0.6) is 0 Å². The molecule has 0 aliphatic heterocycles. The van der Waals surface area contributed by atoms with E-state index in [-0.39, 0.29) is 5.54 Å². The van der Waals surface area contributed by atoms with Gasteiger partial charge in [-0.15, -0.1) is 0 Å². The van der Waals surface area contributed by atoms with E-state index in [1.54, 1.807) is 0 Å². The minimum absolute atomic E-state index is 0.238. The number of nitrogens with one attached hydrogen (secondary N) is 2. The van der Waals surface area contributed by atoms with Crippen LogP contribution in [0.2, 0.25) is 0 Å². The fourth-order valence-electron chi connectivity index (χ4n) is 1.46. The second-order valence-electron chi connectivity index (χ2n) is 5.04. The van der Waals surface area contributed by atoms with Crippen molar-refractivity contribution in [3.8, 4) is 0 Å².